The molecular weight excluding hydrogens is 819 g/mol. The molecule has 0 aliphatic rings. The van der Waals surface area contributed by atoms with Gasteiger partial charge in [0.15, 0.2) is 11.2 Å². The van der Waals surface area contributed by atoms with Gasteiger partial charge >= 0.3 is 0 Å². The summed E-state index contributed by atoms with van der Waals surface area (Å²) in [5.41, 5.74) is 13.9. The van der Waals surface area contributed by atoms with Crippen molar-refractivity contribution >= 4 is 87.5 Å². The number of furan rings is 2. The van der Waals surface area contributed by atoms with Gasteiger partial charge in [0.25, 0.3) is 0 Å². The third-order valence-electron chi connectivity index (χ3n) is 13.7. The molecule has 0 aliphatic carbocycles. The van der Waals surface area contributed by atoms with Gasteiger partial charge in [-0.15, -0.1) is 0 Å². The lowest BCUT2D eigenvalue weighted by atomic mass is 9.79. The van der Waals surface area contributed by atoms with Crippen molar-refractivity contribution in [1.29, 1.82) is 0 Å². The van der Waals surface area contributed by atoms with Crippen molar-refractivity contribution in [1.82, 2.24) is 9.13 Å². The fourth-order valence-corrected chi connectivity index (χ4v) is 11.1. The fourth-order valence-electron chi connectivity index (χ4n) is 11.1. The largest absolute Gasteiger partial charge is 0.454 e. The summed E-state index contributed by atoms with van der Waals surface area (Å²) in [4.78, 5) is 0. The van der Waals surface area contributed by atoms with E-state index in [1.54, 1.807) is 24.3 Å². The lowest BCUT2D eigenvalue weighted by molar-refractivity contribution is 0.628. The summed E-state index contributed by atoms with van der Waals surface area (Å²) in [6.07, 6.45) is 0. The van der Waals surface area contributed by atoms with Crippen LogP contribution in [0.4, 0.5) is 8.78 Å². The highest BCUT2D eigenvalue weighted by molar-refractivity contribution is 6.24. The van der Waals surface area contributed by atoms with Crippen molar-refractivity contribution in [2.75, 3.05) is 0 Å². The zero-order valence-electron chi connectivity index (χ0n) is 36.8. The minimum atomic E-state index is -0.349. The first kappa shape index (κ1) is 38.5. The van der Waals surface area contributed by atoms with Crippen LogP contribution in [0.5, 0.6) is 0 Å². The molecule has 0 saturated heterocycles. The van der Waals surface area contributed by atoms with Gasteiger partial charge in [0, 0.05) is 54.2 Å². The summed E-state index contributed by atoms with van der Waals surface area (Å²) < 4.78 is 50.9. The lowest BCUT2D eigenvalue weighted by Crippen LogP contribution is -2.15. The lowest BCUT2D eigenvalue weighted by Gasteiger charge is -2.32. The molecule has 318 valence electrons. The van der Waals surface area contributed by atoms with Crippen LogP contribution in [-0.4, -0.2) is 9.13 Å². The molecule has 9 aromatic carbocycles. The normalized spacial score (nSPS) is 12.4. The summed E-state index contributed by atoms with van der Waals surface area (Å²) in [6.45, 7) is 8.91. The summed E-state index contributed by atoms with van der Waals surface area (Å²) in [5, 5.41) is 8.27. The van der Waals surface area contributed by atoms with Crippen molar-refractivity contribution in [2.45, 2.75) is 39.5 Å². The van der Waals surface area contributed by atoms with E-state index in [0.29, 0.717) is 11.1 Å². The second-order valence-corrected chi connectivity index (χ2v) is 18.2. The number of benzene rings is 9. The van der Waals surface area contributed by atoms with Gasteiger partial charge in [-0.05, 0) is 94.8 Å². The average Bonchev–Trinajstić information content (AvgIpc) is 4.08. The van der Waals surface area contributed by atoms with Crippen LogP contribution in [0, 0.1) is 11.6 Å². The highest BCUT2D eigenvalue weighted by Gasteiger charge is 2.34. The molecular formula is C60H42F2N2O2. The Morgan fingerprint density at radius 1 is 0.379 bits per heavy atom. The molecule has 0 bridgehead atoms. The summed E-state index contributed by atoms with van der Waals surface area (Å²) in [6, 6.07) is 56.0. The van der Waals surface area contributed by atoms with Gasteiger partial charge < -0.3 is 18.0 Å². The van der Waals surface area contributed by atoms with Crippen LogP contribution in [-0.2, 0) is 0 Å². The second kappa shape index (κ2) is 14.3. The first-order valence-electron chi connectivity index (χ1n) is 22.7. The molecule has 0 aliphatic heterocycles. The Balaban J connectivity index is 1.35. The quantitative estimate of drug-likeness (QED) is 0.167. The van der Waals surface area contributed by atoms with Crippen LogP contribution in [0.2, 0.25) is 0 Å². The number of nitrogens with zero attached hydrogens (tertiary/aromatic N) is 2. The van der Waals surface area contributed by atoms with Gasteiger partial charge in [0.2, 0.25) is 0 Å². The van der Waals surface area contributed by atoms with Crippen molar-refractivity contribution in [3.63, 3.8) is 0 Å². The van der Waals surface area contributed by atoms with Crippen molar-refractivity contribution < 1.29 is 17.6 Å². The molecule has 0 spiro atoms. The molecule has 4 nitrogen and oxygen atoms in total. The third-order valence-corrected chi connectivity index (χ3v) is 13.7. The molecule has 4 heterocycles. The average molecular weight is 861 g/mol. The maximum Gasteiger partial charge on any atom is 0.160 e. The van der Waals surface area contributed by atoms with E-state index in [2.05, 4.69) is 122 Å². The Morgan fingerprint density at radius 3 is 1.21 bits per heavy atom. The molecule has 13 rings (SSSR count). The Labute approximate surface area is 378 Å². The SMILES string of the molecule is CC(C)c1c(-c2cccc(F)c2)c(-n2c3ccccc3c3ccc4c5ccccc5oc4c32)c(-c2cccc(F)c2)c(C(C)C)c1-n1c2ccccc2c2ccc3c4ccccc4oc3c21. The Kier molecular flexibility index (Phi) is 8.32. The van der Waals surface area contributed by atoms with Crippen LogP contribution in [0.15, 0.2) is 179 Å². The number of hydrogen-bond donors (Lipinski definition) is 0. The van der Waals surface area contributed by atoms with Gasteiger partial charge in [-0.2, -0.15) is 0 Å². The molecule has 6 heteroatoms. The summed E-state index contributed by atoms with van der Waals surface area (Å²) >= 11 is 0. The second-order valence-electron chi connectivity index (χ2n) is 18.2. The monoisotopic (exact) mass is 860 g/mol. The van der Waals surface area contributed by atoms with Crippen LogP contribution >= 0.6 is 0 Å². The standard InChI is InChI=1S/C60H42F2N2O2/c1-33(2)51-53(35-15-13-17-37(61)31-35)58(64-48-24-10-6-20-40(48)44-28-30-46-42-22-8-12-26-50(42)66-60(46)56(44)64)54(36-16-14-18-38(62)32-36)52(34(3)4)57(51)63-47-23-9-5-19-39(47)43-27-29-45-41-21-7-11-25-49(41)65-59(45)55(43)63/h5-34H,1-4H3. The van der Waals surface area contributed by atoms with Crippen molar-refractivity contribution in [3.8, 4) is 33.6 Å². The van der Waals surface area contributed by atoms with E-state index in [4.69, 9.17) is 8.83 Å². The molecule has 0 fully saturated rings. The van der Waals surface area contributed by atoms with E-state index in [1.165, 1.54) is 12.1 Å². The van der Waals surface area contributed by atoms with Gasteiger partial charge in [-0.25, -0.2) is 8.78 Å². The zero-order valence-corrected chi connectivity index (χ0v) is 36.8. The van der Waals surface area contributed by atoms with Gasteiger partial charge in [-0.1, -0.05) is 137 Å². The highest BCUT2D eigenvalue weighted by Crippen LogP contribution is 2.54. The van der Waals surface area contributed by atoms with E-state index in [-0.39, 0.29) is 23.5 Å². The van der Waals surface area contributed by atoms with E-state index in [0.717, 1.165) is 121 Å². The molecule has 0 amide bonds. The number of hydrogen-bond acceptors (Lipinski definition) is 2. The molecule has 0 unspecified atom stereocenters. The van der Waals surface area contributed by atoms with Crippen LogP contribution in [0.3, 0.4) is 0 Å². The fraction of sp³-hybridized carbons (Fsp3) is 0.100. The molecule has 0 N–H and O–H groups in total. The Morgan fingerprint density at radius 2 is 0.773 bits per heavy atom. The Hall–Kier alpha value is -7.96. The molecule has 0 atom stereocenters. The minimum Gasteiger partial charge on any atom is -0.454 e. The predicted molar refractivity (Wildman–Crippen MR) is 269 cm³/mol. The van der Waals surface area contributed by atoms with Gasteiger partial charge in [0.1, 0.15) is 22.8 Å². The smallest absolute Gasteiger partial charge is 0.160 e. The Bertz CT molecular complexity index is 4080. The van der Waals surface area contributed by atoms with Crippen LogP contribution in [0.1, 0.15) is 50.7 Å². The van der Waals surface area contributed by atoms with E-state index < -0.39 is 0 Å². The molecule has 66 heavy (non-hydrogen) atoms. The number of rotatable bonds is 6. The number of halogens is 2. The maximum absolute atomic E-state index is 16.2. The molecule has 13 aromatic rings. The third kappa shape index (κ3) is 5.36. The molecule has 4 aromatic heterocycles. The van der Waals surface area contributed by atoms with Crippen LogP contribution in [0.25, 0.3) is 121 Å². The number of para-hydroxylation sites is 4. The summed E-state index contributed by atoms with van der Waals surface area (Å²) in [7, 11) is 0. The minimum absolute atomic E-state index is 0.110. The van der Waals surface area contributed by atoms with Crippen molar-refractivity contribution in [3.05, 3.63) is 193 Å². The van der Waals surface area contributed by atoms with E-state index in [1.807, 2.05) is 48.5 Å². The van der Waals surface area contributed by atoms with E-state index in [9.17, 15) is 0 Å². The van der Waals surface area contributed by atoms with Gasteiger partial charge in [-0.3, -0.25) is 0 Å². The van der Waals surface area contributed by atoms with E-state index >= 15 is 8.78 Å². The highest BCUT2D eigenvalue weighted by atomic mass is 19.1. The zero-order chi connectivity index (χ0) is 44.5. The van der Waals surface area contributed by atoms with Crippen molar-refractivity contribution in [2.24, 2.45) is 0 Å². The summed E-state index contributed by atoms with van der Waals surface area (Å²) in [5.74, 6) is -0.918. The predicted octanol–water partition coefficient (Wildman–Crippen LogP) is 17.5. The van der Waals surface area contributed by atoms with Gasteiger partial charge in [0.05, 0.1) is 33.4 Å². The topological polar surface area (TPSA) is 36.1 Å². The first-order valence-corrected chi connectivity index (χ1v) is 22.7. The number of aromatic nitrogens is 2. The molecule has 0 radical (unpaired) electrons. The number of fused-ring (bicyclic) bond motifs is 14. The maximum atomic E-state index is 16.2. The van der Waals surface area contributed by atoms with Crippen LogP contribution < -0.4 is 0 Å². The first-order chi connectivity index (χ1) is 32.3. The molecule has 0 saturated carbocycles.